The Bertz CT molecular complexity index is 713. The van der Waals surface area contributed by atoms with E-state index < -0.39 is 12.0 Å². The molecule has 0 bridgehead atoms. The first kappa shape index (κ1) is 19.2. The molecule has 0 saturated heterocycles. The Labute approximate surface area is 157 Å². The number of carbonyl (C=O) groups is 1. The van der Waals surface area contributed by atoms with Crippen LogP contribution in [0.25, 0.3) is 6.08 Å². The first-order valence-electron chi connectivity index (χ1n) is 8.13. The monoisotopic (exact) mass is 399 g/mol. The molecule has 0 amide bonds. The summed E-state index contributed by atoms with van der Waals surface area (Å²) < 4.78 is 0.935. The largest absolute Gasteiger partial charge is 0.480 e. The fourth-order valence-electron chi connectivity index (χ4n) is 2.63. The van der Waals surface area contributed by atoms with Crippen molar-refractivity contribution < 1.29 is 9.90 Å². The van der Waals surface area contributed by atoms with E-state index in [1.54, 1.807) is 6.08 Å². The van der Waals surface area contributed by atoms with E-state index in [0.29, 0.717) is 19.5 Å². The summed E-state index contributed by atoms with van der Waals surface area (Å²) in [4.78, 5) is 13.7. The summed E-state index contributed by atoms with van der Waals surface area (Å²) in [6.07, 6.45) is 4.07. The zero-order valence-corrected chi connectivity index (χ0v) is 15.6. The minimum Gasteiger partial charge on any atom is -0.480 e. The van der Waals surface area contributed by atoms with Gasteiger partial charge in [-0.2, -0.15) is 0 Å². The number of aliphatic carboxylic acids is 1. The molecular weight excluding hydrogens is 378 g/mol. The van der Waals surface area contributed by atoms with E-state index in [2.05, 4.69) is 22.5 Å². The quantitative estimate of drug-likeness (QED) is 0.606. The Morgan fingerprint density at radius 1 is 1.12 bits per heavy atom. The number of rotatable bonds is 9. The number of halogens is 1. The van der Waals surface area contributed by atoms with E-state index in [1.807, 2.05) is 71.6 Å². The Balaban J connectivity index is 2.22. The van der Waals surface area contributed by atoms with E-state index in [4.69, 9.17) is 0 Å². The van der Waals surface area contributed by atoms with Crippen LogP contribution in [-0.4, -0.2) is 28.6 Å². The maximum atomic E-state index is 11.7. The first-order chi connectivity index (χ1) is 12.1. The molecule has 0 unspecified atom stereocenters. The van der Waals surface area contributed by atoms with Crippen molar-refractivity contribution in [3.63, 3.8) is 0 Å². The van der Waals surface area contributed by atoms with Crippen LogP contribution in [0.2, 0.25) is 0 Å². The molecule has 0 saturated carbocycles. The molecule has 0 aliphatic heterocycles. The molecule has 0 aromatic heterocycles. The van der Waals surface area contributed by atoms with Crippen molar-refractivity contribution in [1.82, 2.24) is 4.90 Å². The van der Waals surface area contributed by atoms with Crippen LogP contribution in [0.15, 0.2) is 77.8 Å². The average molecular weight is 400 g/mol. The Morgan fingerprint density at radius 3 is 2.28 bits per heavy atom. The van der Waals surface area contributed by atoms with E-state index in [9.17, 15) is 9.90 Å². The van der Waals surface area contributed by atoms with Gasteiger partial charge in [-0.15, -0.1) is 6.58 Å². The van der Waals surface area contributed by atoms with Crippen molar-refractivity contribution in [2.45, 2.75) is 19.0 Å². The van der Waals surface area contributed by atoms with Crippen LogP contribution in [0.4, 0.5) is 0 Å². The lowest BCUT2D eigenvalue weighted by Crippen LogP contribution is -2.41. The van der Waals surface area contributed by atoms with Crippen molar-refractivity contribution in [3.8, 4) is 0 Å². The van der Waals surface area contributed by atoms with E-state index in [0.717, 1.165) is 15.6 Å². The molecule has 25 heavy (non-hydrogen) atoms. The third-order valence-corrected chi connectivity index (χ3v) is 4.30. The Hall–Kier alpha value is -2.17. The van der Waals surface area contributed by atoms with Gasteiger partial charge in [0.1, 0.15) is 6.04 Å². The van der Waals surface area contributed by atoms with Gasteiger partial charge in [0, 0.05) is 17.6 Å². The van der Waals surface area contributed by atoms with Gasteiger partial charge in [0.2, 0.25) is 0 Å². The van der Waals surface area contributed by atoms with Crippen molar-refractivity contribution >= 4 is 28.0 Å². The van der Waals surface area contributed by atoms with Gasteiger partial charge in [-0.3, -0.25) is 9.69 Å². The zero-order chi connectivity index (χ0) is 18.1. The number of carboxylic acid groups (broad SMARTS) is 1. The van der Waals surface area contributed by atoms with Gasteiger partial charge in [0.25, 0.3) is 0 Å². The van der Waals surface area contributed by atoms with E-state index in [-0.39, 0.29) is 0 Å². The molecule has 1 atom stereocenters. The lowest BCUT2D eigenvalue weighted by Gasteiger charge is -2.28. The first-order valence-corrected chi connectivity index (χ1v) is 8.92. The maximum Gasteiger partial charge on any atom is 0.321 e. The van der Waals surface area contributed by atoms with Gasteiger partial charge in [-0.25, -0.2) is 0 Å². The lowest BCUT2D eigenvalue weighted by molar-refractivity contribution is -0.143. The number of benzene rings is 2. The zero-order valence-electron chi connectivity index (χ0n) is 14.0. The van der Waals surface area contributed by atoms with Gasteiger partial charge in [0.05, 0.1) is 0 Å². The smallest absolute Gasteiger partial charge is 0.321 e. The molecular formula is C21H22BrNO2. The van der Waals surface area contributed by atoms with E-state index >= 15 is 0 Å². The normalized spacial score (nSPS) is 12.8. The highest BCUT2D eigenvalue weighted by Gasteiger charge is 2.24. The highest BCUT2D eigenvalue weighted by Crippen LogP contribution is 2.19. The maximum absolute atomic E-state index is 11.7. The third-order valence-electron chi connectivity index (χ3n) is 3.82. The molecule has 4 heteroatoms. The van der Waals surface area contributed by atoms with Crippen molar-refractivity contribution in [2.24, 2.45) is 0 Å². The molecule has 0 aliphatic rings. The molecule has 0 heterocycles. The SMILES string of the molecule is C=CC[C@H](C(=O)O)N(C/C(Br)=C/c1ccccc1)Cc1ccccc1. The Morgan fingerprint density at radius 2 is 1.72 bits per heavy atom. The second-order valence-corrected chi connectivity index (χ2v) is 6.79. The molecule has 0 spiro atoms. The van der Waals surface area contributed by atoms with Gasteiger partial charge < -0.3 is 5.11 Å². The molecule has 1 N–H and O–H groups in total. The average Bonchev–Trinajstić information content (AvgIpc) is 2.60. The van der Waals surface area contributed by atoms with Crippen LogP contribution in [0.5, 0.6) is 0 Å². The van der Waals surface area contributed by atoms with Crippen LogP contribution < -0.4 is 0 Å². The number of carboxylic acids is 1. The summed E-state index contributed by atoms with van der Waals surface area (Å²) in [6, 6.07) is 19.2. The molecule has 0 radical (unpaired) electrons. The highest BCUT2D eigenvalue weighted by molar-refractivity contribution is 9.11. The number of hydrogen-bond donors (Lipinski definition) is 1. The Kier molecular flexibility index (Phi) is 7.64. The van der Waals surface area contributed by atoms with Crippen LogP contribution in [-0.2, 0) is 11.3 Å². The van der Waals surface area contributed by atoms with E-state index in [1.165, 1.54) is 0 Å². The van der Waals surface area contributed by atoms with Gasteiger partial charge in [0.15, 0.2) is 0 Å². The fourth-order valence-corrected chi connectivity index (χ4v) is 3.21. The second-order valence-electron chi connectivity index (χ2n) is 5.77. The summed E-state index contributed by atoms with van der Waals surface area (Å²) in [5.41, 5.74) is 2.16. The molecule has 2 aromatic carbocycles. The summed E-state index contributed by atoms with van der Waals surface area (Å²) >= 11 is 3.60. The predicted molar refractivity (Wildman–Crippen MR) is 106 cm³/mol. The second kappa shape index (κ2) is 9.97. The molecule has 3 nitrogen and oxygen atoms in total. The minimum absolute atomic E-state index is 0.397. The third kappa shape index (κ3) is 6.33. The molecule has 0 fully saturated rings. The van der Waals surface area contributed by atoms with Gasteiger partial charge >= 0.3 is 5.97 Å². The molecule has 2 rings (SSSR count). The standard InChI is InChI=1S/C21H22BrNO2/c1-2-9-20(21(24)25)23(15-18-12-7-4-8-13-18)16-19(22)14-17-10-5-3-6-11-17/h2-8,10-14,20H,1,9,15-16H2,(H,24,25)/b19-14-/t20-/m1/s1. The van der Waals surface area contributed by atoms with Crippen molar-refractivity contribution in [2.75, 3.05) is 6.54 Å². The van der Waals surface area contributed by atoms with Crippen LogP contribution in [0.3, 0.4) is 0 Å². The lowest BCUT2D eigenvalue weighted by atomic mass is 10.1. The van der Waals surface area contributed by atoms with Gasteiger partial charge in [-0.05, 0) is 23.6 Å². The molecule has 130 valence electrons. The van der Waals surface area contributed by atoms with Crippen LogP contribution >= 0.6 is 15.9 Å². The summed E-state index contributed by atoms with van der Waals surface area (Å²) in [5, 5.41) is 9.63. The topological polar surface area (TPSA) is 40.5 Å². The predicted octanol–water partition coefficient (Wildman–Crippen LogP) is 4.95. The van der Waals surface area contributed by atoms with Crippen molar-refractivity contribution in [1.29, 1.82) is 0 Å². The van der Waals surface area contributed by atoms with Crippen LogP contribution in [0, 0.1) is 0 Å². The summed E-state index contributed by atoms with van der Waals surface area (Å²) in [5.74, 6) is -0.837. The summed E-state index contributed by atoms with van der Waals surface area (Å²) in [6.45, 7) is 4.77. The van der Waals surface area contributed by atoms with Gasteiger partial charge in [-0.1, -0.05) is 82.7 Å². The highest BCUT2D eigenvalue weighted by atomic mass is 79.9. The minimum atomic E-state index is -0.837. The number of hydrogen-bond acceptors (Lipinski definition) is 2. The fraction of sp³-hybridized carbons (Fsp3) is 0.190. The number of nitrogens with zero attached hydrogens (tertiary/aromatic N) is 1. The molecule has 2 aromatic rings. The van der Waals surface area contributed by atoms with Crippen molar-refractivity contribution in [3.05, 3.63) is 88.9 Å². The van der Waals surface area contributed by atoms with Crippen LogP contribution in [0.1, 0.15) is 17.5 Å². The molecule has 0 aliphatic carbocycles. The summed E-state index contributed by atoms with van der Waals surface area (Å²) in [7, 11) is 0.